The molecule has 0 aliphatic carbocycles. The lowest BCUT2D eigenvalue weighted by Crippen LogP contribution is -2.42. The smallest absolute Gasteiger partial charge is 0.241 e. The second-order valence-corrected chi connectivity index (χ2v) is 8.30. The highest BCUT2D eigenvalue weighted by Gasteiger charge is 2.20. The summed E-state index contributed by atoms with van der Waals surface area (Å²) in [5.74, 6) is 0. The molecular formula is C14H27N3O2S2. The topological polar surface area (TPSA) is 61.4 Å². The quantitative estimate of drug-likeness (QED) is 0.724. The lowest BCUT2D eigenvalue weighted by molar-refractivity contribution is 0.179. The van der Waals surface area contributed by atoms with Gasteiger partial charge in [-0.15, -0.1) is 11.3 Å². The SMILES string of the molecule is CNCc1sccc1S(=O)(=O)NCCN(C(C)C)C(C)C. The molecule has 1 aromatic rings. The number of hydrogen-bond donors (Lipinski definition) is 2. The Morgan fingerprint density at radius 2 is 1.86 bits per heavy atom. The number of hydrogen-bond acceptors (Lipinski definition) is 5. The minimum absolute atomic E-state index is 0.391. The number of thiophene rings is 1. The predicted molar refractivity (Wildman–Crippen MR) is 89.2 cm³/mol. The van der Waals surface area contributed by atoms with E-state index in [2.05, 4.69) is 42.6 Å². The van der Waals surface area contributed by atoms with Crippen LogP contribution in [0.25, 0.3) is 0 Å². The Morgan fingerprint density at radius 1 is 1.24 bits per heavy atom. The first kappa shape index (κ1) is 18.6. The van der Waals surface area contributed by atoms with Crippen LogP contribution in [-0.2, 0) is 16.6 Å². The minimum Gasteiger partial charge on any atom is -0.315 e. The van der Waals surface area contributed by atoms with Crippen LogP contribution in [-0.4, -0.2) is 45.5 Å². The lowest BCUT2D eigenvalue weighted by atomic mass is 10.2. The van der Waals surface area contributed by atoms with Gasteiger partial charge in [-0.05, 0) is 46.2 Å². The molecule has 122 valence electrons. The number of nitrogens with one attached hydrogen (secondary N) is 2. The number of nitrogens with zero attached hydrogens (tertiary/aromatic N) is 1. The van der Waals surface area contributed by atoms with E-state index in [4.69, 9.17) is 0 Å². The van der Waals surface area contributed by atoms with Gasteiger partial charge in [-0.3, -0.25) is 4.90 Å². The maximum absolute atomic E-state index is 12.4. The van der Waals surface area contributed by atoms with Gasteiger partial charge in [-0.25, -0.2) is 13.1 Å². The van der Waals surface area contributed by atoms with Crippen LogP contribution < -0.4 is 10.0 Å². The summed E-state index contributed by atoms with van der Waals surface area (Å²) in [7, 11) is -1.61. The molecule has 0 aliphatic heterocycles. The van der Waals surface area contributed by atoms with Gasteiger partial charge in [-0.1, -0.05) is 0 Å². The summed E-state index contributed by atoms with van der Waals surface area (Å²) in [4.78, 5) is 3.50. The molecule has 21 heavy (non-hydrogen) atoms. The average molecular weight is 334 g/mol. The van der Waals surface area contributed by atoms with E-state index in [9.17, 15) is 8.42 Å². The minimum atomic E-state index is -3.42. The number of rotatable bonds is 9. The summed E-state index contributed by atoms with van der Waals surface area (Å²) in [6, 6.07) is 2.47. The summed E-state index contributed by atoms with van der Waals surface area (Å²) in [6.07, 6.45) is 0. The highest BCUT2D eigenvalue weighted by atomic mass is 32.2. The summed E-state index contributed by atoms with van der Waals surface area (Å²) >= 11 is 1.46. The Balaban J connectivity index is 2.67. The van der Waals surface area contributed by atoms with E-state index in [0.29, 0.717) is 36.6 Å². The van der Waals surface area contributed by atoms with Crippen molar-refractivity contribution < 1.29 is 8.42 Å². The van der Waals surface area contributed by atoms with E-state index in [1.807, 2.05) is 12.4 Å². The van der Waals surface area contributed by atoms with Gasteiger partial charge in [0.15, 0.2) is 0 Å². The summed E-state index contributed by atoms with van der Waals surface area (Å²) in [6.45, 7) is 10.2. The van der Waals surface area contributed by atoms with Gasteiger partial charge in [0, 0.05) is 36.6 Å². The molecule has 7 heteroatoms. The van der Waals surface area contributed by atoms with Crippen LogP contribution in [0, 0.1) is 0 Å². The third kappa shape index (κ3) is 5.34. The van der Waals surface area contributed by atoms with Crippen molar-refractivity contribution in [2.75, 3.05) is 20.1 Å². The molecule has 0 amide bonds. The van der Waals surface area contributed by atoms with Crippen molar-refractivity contribution in [2.24, 2.45) is 0 Å². The fourth-order valence-electron chi connectivity index (χ4n) is 2.36. The zero-order valence-electron chi connectivity index (χ0n) is 13.5. The van der Waals surface area contributed by atoms with Crippen LogP contribution in [0.3, 0.4) is 0 Å². The van der Waals surface area contributed by atoms with Gasteiger partial charge < -0.3 is 5.32 Å². The summed E-state index contributed by atoms with van der Waals surface area (Å²) < 4.78 is 27.4. The van der Waals surface area contributed by atoms with Gasteiger partial charge in [0.1, 0.15) is 0 Å². The molecule has 0 fully saturated rings. The van der Waals surface area contributed by atoms with Crippen molar-refractivity contribution >= 4 is 21.4 Å². The summed E-state index contributed by atoms with van der Waals surface area (Å²) in [5.41, 5.74) is 0. The van der Waals surface area contributed by atoms with Gasteiger partial charge in [0.2, 0.25) is 10.0 Å². The standard InChI is InChI=1S/C14H27N3O2S2/c1-11(2)17(12(3)4)8-7-16-21(18,19)14-6-9-20-13(14)10-15-5/h6,9,11-12,15-16H,7-8,10H2,1-5H3. The molecule has 0 radical (unpaired) electrons. The molecule has 1 rings (SSSR count). The first-order chi connectivity index (χ1) is 9.79. The van der Waals surface area contributed by atoms with Crippen LogP contribution in [0.4, 0.5) is 0 Å². The first-order valence-corrected chi connectivity index (χ1v) is 9.62. The molecule has 0 bridgehead atoms. The van der Waals surface area contributed by atoms with Crippen LogP contribution in [0.5, 0.6) is 0 Å². The van der Waals surface area contributed by atoms with E-state index in [-0.39, 0.29) is 0 Å². The normalized spacial score (nSPS) is 12.8. The molecule has 0 spiro atoms. The third-order valence-electron chi connectivity index (χ3n) is 3.32. The van der Waals surface area contributed by atoms with Gasteiger partial charge in [-0.2, -0.15) is 0 Å². The van der Waals surface area contributed by atoms with Gasteiger partial charge in [0.05, 0.1) is 4.90 Å². The van der Waals surface area contributed by atoms with Crippen molar-refractivity contribution in [3.63, 3.8) is 0 Å². The Morgan fingerprint density at radius 3 is 2.38 bits per heavy atom. The second kappa shape index (κ2) is 8.24. The van der Waals surface area contributed by atoms with Crippen molar-refractivity contribution in [3.05, 3.63) is 16.3 Å². The van der Waals surface area contributed by atoms with Crippen LogP contribution in [0.2, 0.25) is 0 Å². The van der Waals surface area contributed by atoms with Crippen LogP contribution in [0.15, 0.2) is 16.3 Å². The Hall–Kier alpha value is -0.470. The Labute approximate surface area is 132 Å². The largest absolute Gasteiger partial charge is 0.315 e. The van der Waals surface area contributed by atoms with E-state index in [0.717, 1.165) is 4.88 Å². The zero-order chi connectivity index (χ0) is 16.0. The molecule has 5 nitrogen and oxygen atoms in total. The van der Waals surface area contributed by atoms with E-state index < -0.39 is 10.0 Å². The second-order valence-electron chi connectivity index (χ2n) is 5.56. The molecule has 0 unspecified atom stereocenters. The molecule has 0 aliphatic rings. The molecule has 1 heterocycles. The van der Waals surface area contributed by atoms with E-state index >= 15 is 0 Å². The summed E-state index contributed by atoms with van der Waals surface area (Å²) in [5, 5.41) is 4.81. The van der Waals surface area contributed by atoms with Crippen molar-refractivity contribution in [3.8, 4) is 0 Å². The molecule has 2 N–H and O–H groups in total. The van der Waals surface area contributed by atoms with Crippen molar-refractivity contribution in [1.29, 1.82) is 0 Å². The average Bonchev–Trinajstić information content (AvgIpc) is 2.83. The molecule has 1 aromatic heterocycles. The molecule has 0 saturated carbocycles. The fraction of sp³-hybridized carbons (Fsp3) is 0.714. The van der Waals surface area contributed by atoms with Crippen LogP contribution >= 0.6 is 11.3 Å². The Kier molecular flexibility index (Phi) is 7.29. The van der Waals surface area contributed by atoms with E-state index in [1.54, 1.807) is 6.07 Å². The maximum Gasteiger partial charge on any atom is 0.241 e. The molecular weight excluding hydrogens is 306 g/mol. The monoisotopic (exact) mass is 333 g/mol. The molecule has 0 saturated heterocycles. The zero-order valence-corrected chi connectivity index (χ0v) is 15.1. The van der Waals surface area contributed by atoms with Crippen molar-refractivity contribution in [2.45, 2.75) is 51.2 Å². The Bertz CT molecular complexity index is 516. The fourth-order valence-corrected chi connectivity index (χ4v) is 4.83. The maximum atomic E-state index is 12.4. The third-order valence-corrected chi connectivity index (χ3v) is 5.92. The van der Waals surface area contributed by atoms with Gasteiger partial charge in [0.25, 0.3) is 0 Å². The van der Waals surface area contributed by atoms with E-state index in [1.165, 1.54) is 11.3 Å². The van der Waals surface area contributed by atoms with Gasteiger partial charge >= 0.3 is 0 Å². The van der Waals surface area contributed by atoms with Crippen molar-refractivity contribution in [1.82, 2.24) is 14.9 Å². The molecule has 0 aromatic carbocycles. The van der Waals surface area contributed by atoms with Crippen LogP contribution in [0.1, 0.15) is 32.6 Å². The highest BCUT2D eigenvalue weighted by Crippen LogP contribution is 2.21. The predicted octanol–water partition coefficient (Wildman–Crippen LogP) is 1.86. The molecule has 0 atom stereocenters. The lowest BCUT2D eigenvalue weighted by Gasteiger charge is -2.30. The number of sulfonamides is 1. The highest BCUT2D eigenvalue weighted by molar-refractivity contribution is 7.89. The first-order valence-electron chi connectivity index (χ1n) is 7.26.